The molecule has 0 saturated carbocycles. The van der Waals surface area contributed by atoms with Crippen molar-refractivity contribution >= 4 is 28.2 Å². The molecule has 5 nitrogen and oxygen atoms in total. The number of nitrogens with zero attached hydrogens (tertiary/aromatic N) is 1. The molecule has 1 aromatic carbocycles. The molecule has 19 heavy (non-hydrogen) atoms. The molecule has 2 heterocycles. The average molecular weight is 274 g/mol. The molecule has 0 spiro atoms. The smallest absolute Gasteiger partial charge is 0.204 e. The Morgan fingerprint density at radius 2 is 2.21 bits per heavy atom. The summed E-state index contributed by atoms with van der Waals surface area (Å²) in [5.41, 5.74) is 6.59. The fraction of sp³-hybridized carbons (Fsp3) is 0.0769. The zero-order chi connectivity index (χ0) is 13.6. The van der Waals surface area contributed by atoms with Gasteiger partial charge in [0.05, 0.1) is 16.1 Å². The average Bonchev–Trinajstić information content (AvgIpc) is 2.75. The van der Waals surface area contributed by atoms with Crippen molar-refractivity contribution in [3.05, 3.63) is 38.8 Å². The van der Waals surface area contributed by atoms with E-state index in [0.717, 1.165) is 5.01 Å². The third-order valence-corrected chi connectivity index (χ3v) is 3.55. The Kier molecular flexibility index (Phi) is 2.53. The lowest BCUT2D eigenvalue weighted by atomic mass is 10.1. The maximum atomic E-state index is 12.4. The molecule has 0 radical (unpaired) electrons. The Hall–Kier alpha value is -2.34. The summed E-state index contributed by atoms with van der Waals surface area (Å²) < 4.78 is 5.40. The van der Waals surface area contributed by atoms with Crippen LogP contribution in [0.15, 0.2) is 32.8 Å². The van der Waals surface area contributed by atoms with E-state index in [4.69, 9.17) is 10.2 Å². The van der Waals surface area contributed by atoms with Gasteiger partial charge in [0, 0.05) is 11.4 Å². The van der Waals surface area contributed by atoms with Crippen LogP contribution in [0.25, 0.3) is 22.2 Å². The molecule has 3 N–H and O–H groups in total. The largest absolute Gasteiger partial charge is 0.508 e. The summed E-state index contributed by atoms with van der Waals surface area (Å²) >= 11 is 1.44. The molecule has 6 heteroatoms. The standard InChI is InChI=1S/C13H10N2O3S/c1-6-15-9(5-19-6)11-12(17)8-3-2-7(16)4-10(8)18-13(11)14/h2-5,16H,14H2,1H3. The van der Waals surface area contributed by atoms with E-state index >= 15 is 0 Å². The first-order valence-electron chi connectivity index (χ1n) is 5.54. The molecule has 0 bridgehead atoms. The van der Waals surface area contributed by atoms with Crippen LogP contribution in [0.2, 0.25) is 0 Å². The van der Waals surface area contributed by atoms with Crippen molar-refractivity contribution in [1.82, 2.24) is 4.98 Å². The SMILES string of the molecule is Cc1nc(-c2c(N)oc3cc(O)ccc3c2=O)cs1. The summed E-state index contributed by atoms with van der Waals surface area (Å²) in [5.74, 6) is 0.0284. The highest BCUT2D eigenvalue weighted by Gasteiger charge is 2.16. The van der Waals surface area contributed by atoms with Gasteiger partial charge in [0.2, 0.25) is 11.3 Å². The number of aromatic nitrogens is 1. The van der Waals surface area contributed by atoms with Crippen molar-refractivity contribution in [3.63, 3.8) is 0 Å². The Balaban J connectivity index is 2.38. The maximum absolute atomic E-state index is 12.4. The molecule has 0 aliphatic rings. The van der Waals surface area contributed by atoms with Gasteiger partial charge in [-0.25, -0.2) is 4.98 Å². The van der Waals surface area contributed by atoms with E-state index in [-0.39, 0.29) is 28.2 Å². The number of phenols is 1. The van der Waals surface area contributed by atoms with Gasteiger partial charge < -0.3 is 15.3 Å². The van der Waals surface area contributed by atoms with Crippen molar-refractivity contribution < 1.29 is 9.52 Å². The molecule has 0 amide bonds. The minimum absolute atomic E-state index is 0.00778. The number of phenolic OH excluding ortho intramolecular Hbond substituents is 1. The number of fused-ring (bicyclic) bond motifs is 1. The molecule has 96 valence electrons. The van der Waals surface area contributed by atoms with Gasteiger partial charge in [0.15, 0.2) is 0 Å². The highest BCUT2D eigenvalue weighted by atomic mass is 32.1. The number of aromatic hydroxyl groups is 1. The molecule has 0 fully saturated rings. The van der Waals surface area contributed by atoms with Crippen LogP contribution in [0.1, 0.15) is 5.01 Å². The minimum Gasteiger partial charge on any atom is -0.508 e. The van der Waals surface area contributed by atoms with E-state index in [9.17, 15) is 9.90 Å². The monoisotopic (exact) mass is 274 g/mol. The number of benzene rings is 1. The first kappa shape index (κ1) is 11.7. The summed E-state index contributed by atoms with van der Waals surface area (Å²) in [6, 6.07) is 4.31. The third kappa shape index (κ3) is 1.86. The van der Waals surface area contributed by atoms with Crippen LogP contribution in [-0.2, 0) is 0 Å². The van der Waals surface area contributed by atoms with Gasteiger partial charge in [-0.3, -0.25) is 4.79 Å². The molecule has 0 saturated heterocycles. The van der Waals surface area contributed by atoms with Gasteiger partial charge in [-0.05, 0) is 19.1 Å². The van der Waals surface area contributed by atoms with E-state index in [0.29, 0.717) is 11.1 Å². The lowest BCUT2D eigenvalue weighted by Gasteiger charge is -2.04. The Morgan fingerprint density at radius 1 is 1.42 bits per heavy atom. The first-order valence-corrected chi connectivity index (χ1v) is 6.42. The fourth-order valence-corrected chi connectivity index (χ4v) is 2.52. The van der Waals surface area contributed by atoms with Gasteiger partial charge >= 0.3 is 0 Å². The number of anilines is 1. The van der Waals surface area contributed by atoms with Crippen molar-refractivity contribution in [2.45, 2.75) is 6.92 Å². The van der Waals surface area contributed by atoms with Gasteiger partial charge in [-0.2, -0.15) is 0 Å². The zero-order valence-corrected chi connectivity index (χ0v) is 10.8. The third-order valence-electron chi connectivity index (χ3n) is 2.78. The second kappa shape index (κ2) is 4.10. The number of nitrogens with two attached hydrogens (primary N) is 1. The second-order valence-corrected chi connectivity index (χ2v) is 5.16. The van der Waals surface area contributed by atoms with Crippen LogP contribution >= 0.6 is 11.3 Å². The van der Waals surface area contributed by atoms with Crippen LogP contribution < -0.4 is 11.2 Å². The van der Waals surface area contributed by atoms with Crippen LogP contribution in [0.3, 0.4) is 0 Å². The summed E-state index contributed by atoms with van der Waals surface area (Å²) in [7, 11) is 0. The summed E-state index contributed by atoms with van der Waals surface area (Å²) in [4.78, 5) is 16.7. The molecule has 3 aromatic rings. The molecule has 0 aliphatic carbocycles. The van der Waals surface area contributed by atoms with E-state index in [1.54, 1.807) is 5.38 Å². The Labute approximate surface area is 111 Å². The van der Waals surface area contributed by atoms with E-state index in [2.05, 4.69) is 4.98 Å². The molecular weight excluding hydrogens is 264 g/mol. The fourth-order valence-electron chi connectivity index (χ4n) is 1.92. The van der Waals surface area contributed by atoms with Crippen LogP contribution in [-0.4, -0.2) is 10.1 Å². The Morgan fingerprint density at radius 3 is 2.89 bits per heavy atom. The number of thiazole rings is 1. The normalized spacial score (nSPS) is 11.0. The van der Waals surface area contributed by atoms with Gasteiger partial charge in [0.25, 0.3) is 0 Å². The van der Waals surface area contributed by atoms with E-state index < -0.39 is 0 Å². The van der Waals surface area contributed by atoms with Crippen molar-refractivity contribution in [2.75, 3.05) is 5.73 Å². The Bertz CT molecular complexity index is 836. The van der Waals surface area contributed by atoms with Crippen molar-refractivity contribution in [3.8, 4) is 17.0 Å². The molecular formula is C13H10N2O3S. The molecule has 3 rings (SSSR count). The highest BCUT2D eigenvalue weighted by Crippen LogP contribution is 2.28. The number of nitrogen functional groups attached to an aromatic ring is 1. The summed E-state index contributed by atoms with van der Waals surface area (Å²) in [6.45, 7) is 1.85. The van der Waals surface area contributed by atoms with E-state index in [1.807, 2.05) is 6.92 Å². The van der Waals surface area contributed by atoms with Gasteiger partial charge in [-0.1, -0.05) is 0 Å². The number of aryl methyl sites for hydroxylation is 1. The molecule has 0 aliphatic heterocycles. The van der Waals surface area contributed by atoms with Crippen molar-refractivity contribution in [1.29, 1.82) is 0 Å². The first-order chi connectivity index (χ1) is 9.06. The maximum Gasteiger partial charge on any atom is 0.204 e. The zero-order valence-electron chi connectivity index (χ0n) is 10.0. The van der Waals surface area contributed by atoms with E-state index in [1.165, 1.54) is 29.5 Å². The lowest BCUT2D eigenvalue weighted by molar-refractivity contribution is 0.474. The second-order valence-electron chi connectivity index (χ2n) is 4.10. The van der Waals surface area contributed by atoms with Gasteiger partial charge in [-0.15, -0.1) is 11.3 Å². The number of hydrogen-bond acceptors (Lipinski definition) is 6. The molecule has 0 atom stereocenters. The summed E-state index contributed by atoms with van der Waals surface area (Å²) in [6.07, 6.45) is 0. The topological polar surface area (TPSA) is 89.3 Å². The minimum atomic E-state index is -0.246. The molecule has 2 aromatic heterocycles. The van der Waals surface area contributed by atoms with Crippen LogP contribution in [0.5, 0.6) is 5.75 Å². The van der Waals surface area contributed by atoms with Gasteiger partial charge in [0.1, 0.15) is 16.9 Å². The summed E-state index contributed by atoms with van der Waals surface area (Å²) in [5, 5.41) is 12.4. The van der Waals surface area contributed by atoms with Crippen LogP contribution in [0.4, 0.5) is 5.88 Å². The molecule has 0 unspecified atom stereocenters. The van der Waals surface area contributed by atoms with Crippen molar-refractivity contribution in [2.24, 2.45) is 0 Å². The lowest BCUT2D eigenvalue weighted by Crippen LogP contribution is -2.08. The number of rotatable bonds is 1. The highest BCUT2D eigenvalue weighted by molar-refractivity contribution is 7.09. The van der Waals surface area contributed by atoms with Crippen LogP contribution in [0, 0.1) is 6.92 Å². The quantitative estimate of drug-likeness (QED) is 0.711. The number of hydrogen-bond donors (Lipinski definition) is 2. The predicted octanol–water partition coefficient (Wildman–Crippen LogP) is 2.51. The predicted molar refractivity (Wildman–Crippen MR) is 74.4 cm³/mol.